The first-order valence-electron chi connectivity index (χ1n) is 9.16. The Labute approximate surface area is 168 Å². The van der Waals surface area contributed by atoms with Crippen LogP contribution in [0.5, 0.6) is 5.75 Å². The lowest BCUT2D eigenvalue weighted by Crippen LogP contribution is -2.40. The number of carbonyl (C=O) groups excluding carboxylic acids is 1. The number of aryl methyl sites for hydroxylation is 1. The molecule has 30 heavy (non-hydrogen) atoms. The summed E-state index contributed by atoms with van der Waals surface area (Å²) in [5, 5.41) is 12.0. The summed E-state index contributed by atoms with van der Waals surface area (Å²) in [5.41, 5.74) is 0.752. The van der Waals surface area contributed by atoms with Crippen LogP contribution < -0.4 is 4.74 Å². The number of alkyl halides is 3. The molecule has 3 heterocycles. The number of ether oxygens (including phenoxy) is 1. The molecule has 0 bridgehead atoms. The van der Waals surface area contributed by atoms with Crippen LogP contribution in [0.15, 0.2) is 35.0 Å². The minimum absolute atomic E-state index is 0.0928. The van der Waals surface area contributed by atoms with Crippen molar-refractivity contribution in [2.45, 2.75) is 32.2 Å². The predicted molar refractivity (Wildman–Crippen MR) is 95.4 cm³/mol. The van der Waals surface area contributed by atoms with Crippen LogP contribution in [0.1, 0.15) is 35.1 Å². The van der Waals surface area contributed by atoms with Gasteiger partial charge in [-0.15, -0.1) is 18.3 Å². The minimum atomic E-state index is -4.78. The van der Waals surface area contributed by atoms with Gasteiger partial charge in [0.2, 0.25) is 11.7 Å². The molecule has 1 saturated heterocycles. The number of likely N-dealkylation sites (tertiary alicyclic amines) is 1. The Balaban J connectivity index is 1.43. The average Bonchev–Trinajstić information content (AvgIpc) is 3.36. The summed E-state index contributed by atoms with van der Waals surface area (Å²) in [6.45, 7) is 2.61. The van der Waals surface area contributed by atoms with Crippen molar-refractivity contribution < 1.29 is 27.2 Å². The summed E-state index contributed by atoms with van der Waals surface area (Å²) in [5.74, 6) is 0.110. The third kappa shape index (κ3) is 4.42. The topological polar surface area (TPSA) is 99.2 Å². The lowest BCUT2D eigenvalue weighted by Gasteiger charge is -2.32. The number of hydrogen-bond donors (Lipinski definition) is 0. The number of halogens is 3. The fourth-order valence-corrected chi connectivity index (χ4v) is 3.30. The molecule has 12 heteroatoms. The van der Waals surface area contributed by atoms with E-state index >= 15 is 0 Å². The number of nitrogens with zero attached hydrogens (tertiary/aromatic N) is 6. The second-order valence-electron chi connectivity index (χ2n) is 6.84. The minimum Gasteiger partial charge on any atom is -0.406 e. The van der Waals surface area contributed by atoms with Gasteiger partial charge in [0.25, 0.3) is 5.91 Å². The molecule has 4 rings (SSSR count). The van der Waals surface area contributed by atoms with E-state index in [1.165, 1.54) is 12.1 Å². The molecular weight excluding hydrogens is 405 g/mol. The highest BCUT2D eigenvalue weighted by molar-refractivity contribution is 5.94. The summed E-state index contributed by atoms with van der Waals surface area (Å²) in [6, 6.07) is 4.79. The van der Waals surface area contributed by atoms with E-state index in [0.717, 1.165) is 25.0 Å². The van der Waals surface area contributed by atoms with E-state index in [-0.39, 0.29) is 23.3 Å². The summed E-state index contributed by atoms with van der Waals surface area (Å²) >= 11 is 0. The van der Waals surface area contributed by atoms with Gasteiger partial charge in [0, 0.05) is 25.6 Å². The van der Waals surface area contributed by atoms with Gasteiger partial charge in [-0.2, -0.15) is 4.98 Å². The molecule has 2 aromatic heterocycles. The van der Waals surface area contributed by atoms with Crippen molar-refractivity contribution in [1.82, 2.24) is 30.0 Å². The van der Waals surface area contributed by atoms with Gasteiger partial charge >= 0.3 is 6.36 Å². The Morgan fingerprint density at radius 2 is 2.03 bits per heavy atom. The number of rotatable bonds is 4. The quantitative estimate of drug-likeness (QED) is 0.637. The van der Waals surface area contributed by atoms with Crippen molar-refractivity contribution in [2.75, 3.05) is 13.1 Å². The van der Waals surface area contributed by atoms with Gasteiger partial charge in [-0.05, 0) is 37.1 Å². The summed E-state index contributed by atoms with van der Waals surface area (Å²) < 4.78 is 47.3. The second-order valence-corrected chi connectivity index (χ2v) is 6.84. The van der Waals surface area contributed by atoms with Gasteiger partial charge in [-0.1, -0.05) is 10.4 Å². The van der Waals surface area contributed by atoms with Crippen LogP contribution in [0.2, 0.25) is 0 Å². The highest BCUT2D eigenvalue weighted by atomic mass is 19.4. The lowest BCUT2D eigenvalue weighted by atomic mass is 10.0. The highest BCUT2D eigenvalue weighted by Gasteiger charge is 2.31. The normalized spacial score (nSPS) is 17.2. The summed E-state index contributed by atoms with van der Waals surface area (Å²) in [4.78, 5) is 18.5. The fraction of sp³-hybridized carbons (Fsp3) is 0.389. The second kappa shape index (κ2) is 7.76. The molecule has 1 aliphatic rings. The molecule has 1 fully saturated rings. The van der Waals surface area contributed by atoms with Crippen molar-refractivity contribution in [3.8, 4) is 17.3 Å². The van der Waals surface area contributed by atoms with Crippen molar-refractivity contribution in [1.29, 1.82) is 0 Å². The molecule has 1 aromatic carbocycles. The number of piperidine rings is 1. The van der Waals surface area contributed by atoms with Crippen LogP contribution >= 0.6 is 0 Å². The van der Waals surface area contributed by atoms with Crippen molar-refractivity contribution in [3.05, 3.63) is 41.9 Å². The number of aromatic nitrogens is 5. The predicted octanol–water partition coefficient (Wildman–Crippen LogP) is 3.01. The van der Waals surface area contributed by atoms with Gasteiger partial charge in [0.15, 0.2) is 5.69 Å². The van der Waals surface area contributed by atoms with Crippen LogP contribution in [-0.4, -0.2) is 55.4 Å². The maximum absolute atomic E-state index is 12.8. The largest absolute Gasteiger partial charge is 0.573 e. The Morgan fingerprint density at radius 3 is 2.70 bits per heavy atom. The zero-order valence-corrected chi connectivity index (χ0v) is 15.8. The van der Waals surface area contributed by atoms with Crippen molar-refractivity contribution >= 4 is 5.91 Å². The first-order chi connectivity index (χ1) is 14.3. The van der Waals surface area contributed by atoms with Gasteiger partial charge in [-0.3, -0.25) is 4.79 Å². The maximum atomic E-state index is 12.8. The monoisotopic (exact) mass is 422 g/mol. The first-order valence-corrected chi connectivity index (χ1v) is 9.16. The van der Waals surface area contributed by atoms with E-state index in [2.05, 4.69) is 25.2 Å². The van der Waals surface area contributed by atoms with Crippen molar-refractivity contribution in [3.63, 3.8) is 0 Å². The van der Waals surface area contributed by atoms with E-state index in [9.17, 15) is 18.0 Å². The third-order valence-corrected chi connectivity index (χ3v) is 4.66. The van der Waals surface area contributed by atoms with E-state index < -0.39 is 6.36 Å². The molecule has 0 radical (unpaired) electrons. The number of benzene rings is 1. The van der Waals surface area contributed by atoms with Crippen LogP contribution in [-0.2, 0) is 0 Å². The summed E-state index contributed by atoms with van der Waals surface area (Å²) in [6.07, 6.45) is -1.52. The highest BCUT2D eigenvalue weighted by Crippen LogP contribution is 2.26. The lowest BCUT2D eigenvalue weighted by molar-refractivity contribution is -0.274. The molecule has 1 unspecified atom stereocenters. The number of hydrogen-bond acceptors (Lipinski definition) is 7. The summed E-state index contributed by atoms with van der Waals surface area (Å²) in [7, 11) is 0. The van der Waals surface area contributed by atoms with E-state index in [1.54, 1.807) is 22.7 Å². The fourth-order valence-electron chi connectivity index (χ4n) is 3.30. The third-order valence-electron chi connectivity index (χ3n) is 4.66. The number of carbonyl (C=O) groups is 1. The van der Waals surface area contributed by atoms with E-state index in [0.29, 0.717) is 30.5 Å². The molecule has 0 N–H and O–H groups in total. The molecule has 9 nitrogen and oxygen atoms in total. The van der Waals surface area contributed by atoms with Gasteiger partial charge < -0.3 is 14.2 Å². The average molecular weight is 422 g/mol. The zero-order chi connectivity index (χ0) is 21.3. The zero-order valence-electron chi connectivity index (χ0n) is 15.8. The Kier molecular flexibility index (Phi) is 5.14. The van der Waals surface area contributed by atoms with Gasteiger partial charge in [0.1, 0.15) is 5.75 Å². The van der Waals surface area contributed by atoms with Gasteiger partial charge in [0.05, 0.1) is 12.2 Å². The van der Waals surface area contributed by atoms with Gasteiger partial charge in [-0.25, -0.2) is 4.68 Å². The number of amides is 1. The molecule has 158 valence electrons. The molecule has 1 atom stereocenters. The Hall–Kier alpha value is -3.44. The molecule has 0 aliphatic carbocycles. The molecule has 3 aromatic rings. The van der Waals surface area contributed by atoms with Crippen molar-refractivity contribution in [2.24, 2.45) is 0 Å². The smallest absolute Gasteiger partial charge is 0.406 e. The first kappa shape index (κ1) is 19.9. The maximum Gasteiger partial charge on any atom is 0.573 e. The Morgan fingerprint density at radius 1 is 1.27 bits per heavy atom. The van der Waals surface area contributed by atoms with Crippen LogP contribution in [0, 0.1) is 6.92 Å². The molecular formula is C18H17F3N6O3. The standard InChI is InChI=1S/C18H17F3N6O3/c1-11-22-16(24-30-11)15-10-27(25-23-15)13-3-2-8-26(9-13)17(28)12-4-6-14(7-5-12)29-18(19,20)21/h4-7,10,13H,2-3,8-9H2,1H3. The van der Waals surface area contributed by atoms with E-state index in [4.69, 9.17) is 4.52 Å². The molecule has 1 amide bonds. The SMILES string of the molecule is Cc1nc(-c2cn(C3CCCN(C(=O)c4ccc(OC(F)(F)F)cc4)C3)nn2)no1. The van der Waals surface area contributed by atoms with E-state index in [1.807, 2.05) is 0 Å². The van der Waals surface area contributed by atoms with Crippen LogP contribution in [0.25, 0.3) is 11.5 Å². The van der Waals surface area contributed by atoms with Crippen LogP contribution in [0.3, 0.4) is 0 Å². The molecule has 0 saturated carbocycles. The molecule has 1 aliphatic heterocycles. The van der Waals surface area contributed by atoms with Crippen LogP contribution in [0.4, 0.5) is 13.2 Å². The Bertz CT molecular complexity index is 1030. The molecule has 0 spiro atoms.